The maximum Gasteiger partial charge on any atom is 0.419 e. The molecule has 2 aromatic carbocycles. The molecule has 2 aromatic rings. The molecule has 0 bridgehead atoms. The average molecular weight is 391 g/mol. The number of benzene rings is 2. The first-order chi connectivity index (χ1) is 13.1. The smallest absolute Gasteiger partial charge is 0.419 e. The van der Waals surface area contributed by atoms with Crippen LogP contribution in [0.25, 0.3) is 0 Å². The molecule has 0 heterocycles. The fraction of sp³-hybridized carbons (Fsp3) is 0.300. The molecule has 0 aliphatic heterocycles. The lowest BCUT2D eigenvalue weighted by atomic mass is 10.2. The van der Waals surface area contributed by atoms with Crippen molar-refractivity contribution in [3.05, 3.63) is 54.6 Å². The summed E-state index contributed by atoms with van der Waals surface area (Å²) >= 11 is 5.68. The van der Waals surface area contributed by atoms with Gasteiger partial charge in [0.05, 0.1) is 5.69 Å². The summed E-state index contributed by atoms with van der Waals surface area (Å²) in [5, 5.41) is 9.32. The second-order valence-corrected chi connectivity index (χ2v) is 6.21. The number of halogens is 1. The molecule has 0 spiro atoms. The second kappa shape index (κ2) is 10.4. The molecule has 0 unspecified atom stereocenters. The Morgan fingerprint density at radius 2 is 1.70 bits per heavy atom. The van der Waals surface area contributed by atoms with Crippen molar-refractivity contribution in [2.24, 2.45) is 0 Å². The van der Waals surface area contributed by atoms with Crippen molar-refractivity contribution in [1.82, 2.24) is 0 Å². The molecule has 6 nitrogen and oxygen atoms in total. The largest absolute Gasteiger partial charge is 0.465 e. The van der Waals surface area contributed by atoms with Crippen LogP contribution < -0.4 is 14.5 Å². The minimum absolute atomic E-state index is 0.140. The van der Waals surface area contributed by atoms with E-state index in [1.54, 1.807) is 23.1 Å². The van der Waals surface area contributed by atoms with E-state index >= 15 is 0 Å². The molecule has 0 atom stereocenters. The summed E-state index contributed by atoms with van der Waals surface area (Å²) in [6.07, 6.45) is 0.156. The lowest BCUT2D eigenvalue weighted by molar-refractivity contribution is 0.202. The molecule has 2 amide bonds. The van der Waals surface area contributed by atoms with Crippen molar-refractivity contribution in [3.63, 3.8) is 0 Å². The van der Waals surface area contributed by atoms with Gasteiger partial charge in [-0.15, -0.1) is 11.6 Å². The van der Waals surface area contributed by atoms with Gasteiger partial charge in [0.15, 0.2) is 0 Å². The number of unbranched alkanes of at least 4 members (excludes halogenated alkanes) is 1. The molecular formula is C20H23ClN2O4. The van der Waals surface area contributed by atoms with Crippen molar-refractivity contribution in [1.29, 1.82) is 0 Å². The van der Waals surface area contributed by atoms with Crippen molar-refractivity contribution in [3.8, 4) is 5.75 Å². The van der Waals surface area contributed by atoms with E-state index in [0.29, 0.717) is 12.2 Å². The third kappa shape index (κ3) is 5.89. The molecular weight excluding hydrogens is 368 g/mol. The predicted molar refractivity (Wildman–Crippen MR) is 107 cm³/mol. The Hall–Kier alpha value is -2.73. The van der Waals surface area contributed by atoms with Crippen molar-refractivity contribution < 1.29 is 19.4 Å². The van der Waals surface area contributed by atoms with E-state index in [9.17, 15) is 14.7 Å². The summed E-state index contributed by atoms with van der Waals surface area (Å²) in [7, 11) is 0. The van der Waals surface area contributed by atoms with Gasteiger partial charge in [0.2, 0.25) is 0 Å². The standard InChI is InChI=1S/C20H23ClN2O4/c1-2-3-13-23(16-8-5-4-6-9-16)20(26)27-18-11-7-10-17(15-18)22(14-12-21)19(24)25/h4-11,15H,2-3,12-14H2,1H3,(H,24,25). The Bertz CT molecular complexity index is 755. The van der Waals surface area contributed by atoms with Crippen molar-refractivity contribution in [2.75, 3.05) is 28.8 Å². The fourth-order valence-electron chi connectivity index (χ4n) is 2.54. The third-order valence-electron chi connectivity index (χ3n) is 3.90. The van der Waals surface area contributed by atoms with E-state index < -0.39 is 12.2 Å². The molecule has 7 heteroatoms. The summed E-state index contributed by atoms with van der Waals surface area (Å²) < 4.78 is 5.51. The Labute approximate surface area is 163 Å². The SMILES string of the molecule is CCCCN(C(=O)Oc1cccc(N(CCCl)C(=O)O)c1)c1ccccc1. The van der Waals surface area contributed by atoms with Gasteiger partial charge >= 0.3 is 12.2 Å². The molecule has 0 aliphatic rings. The van der Waals surface area contributed by atoms with Crippen molar-refractivity contribution >= 4 is 35.2 Å². The van der Waals surface area contributed by atoms with Crippen LogP contribution in [0.1, 0.15) is 19.8 Å². The van der Waals surface area contributed by atoms with E-state index in [4.69, 9.17) is 16.3 Å². The summed E-state index contributed by atoms with van der Waals surface area (Å²) in [6, 6.07) is 15.7. The highest BCUT2D eigenvalue weighted by atomic mass is 35.5. The van der Waals surface area contributed by atoms with Crippen LogP contribution in [-0.2, 0) is 0 Å². The lowest BCUT2D eigenvalue weighted by Gasteiger charge is -2.23. The van der Waals surface area contributed by atoms with Crippen molar-refractivity contribution in [2.45, 2.75) is 19.8 Å². The molecule has 0 saturated heterocycles. The Morgan fingerprint density at radius 3 is 2.33 bits per heavy atom. The van der Waals surface area contributed by atoms with Crippen LogP contribution in [0, 0.1) is 0 Å². The summed E-state index contributed by atoms with van der Waals surface area (Å²) in [6.45, 7) is 2.73. The van der Waals surface area contributed by atoms with Gasteiger partial charge in [0.1, 0.15) is 5.75 Å². The van der Waals surface area contributed by atoms with Gasteiger partial charge < -0.3 is 9.84 Å². The quantitative estimate of drug-likeness (QED) is 0.627. The molecule has 1 N–H and O–H groups in total. The van der Waals surface area contributed by atoms with Crippen LogP contribution in [0.3, 0.4) is 0 Å². The van der Waals surface area contributed by atoms with Gasteiger partial charge in [-0.05, 0) is 30.7 Å². The number of carbonyl (C=O) groups is 2. The molecule has 144 valence electrons. The molecule has 27 heavy (non-hydrogen) atoms. The summed E-state index contributed by atoms with van der Waals surface area (Å²) in [5.74, 6) is 0.436. The van der Waals surface area contributed by atoms with Gasteiger partial charge in [-0.1, -0.05) is 37.6 Å². The summed E-state index contributed by atoms with van der Waals surface area (Å²) in [4.78, 5) is 26.8. The van der Waals surface area contributed by atoms with Gasteiger partial charge in [-0.3, -0.25) is 9.80 Å². The number of ether oxygens (including phenoxy) is 1. The van der Waals surface area contributed by atoms with Crippen LogP contribution >= 0.6 is 11.6 Å². The minimum Gasteiger partial charge on any atom is -0.465 e. The van der Waals surface area contributed by atoms with Gasteiger partial charge in [-0.2, -0.15) is 0 Å². The number of rotatable bonds is 8. The van der Waals surface area contributed by atoms with Gasteiger partial charge in [0, 0.05) is 30.7 Å². The Kier molecular flexibility index (Phi) is 7.95. The highest BCUT2D eigenvalue weighted by Crippen LogP contribution is 2.23. The van der Waals surface area contributed by atoms with E-state index in [0.717, 1.165) is 23.4 Å². The first kappa shape index (κ1) is 20.6. The molecule has 0 fully saturated rings. The van der Waals surface area contributed by atoms with E-state index in [-0.39, 0.29) is 18.2 Å². The molecule has 2 rings (SSSR count). The number of para-hydroxylation sites is 1. The van der Waals surface area contributed by atoms with E-state index in [2.05, 4.69) is 6.92 Å². The zero-order valence-corrected chi connectivity index (χ0v) is 15.9. The zero-order chi connectivity index (χ0) is 19.6. The van der Waals surface area contributed by atoms with Crippen LogP contribution in [0.2, 0.25) is 0 Å². The van der Waals surface area contributed by atoms with Gasteiger partial charge in [0.25, 0.3) is 0 Å². The first-order valence-corrected chi connectivity index (χ1v) is 9.31. The summed E-state index contributed by atoms with van der Waals surface area (Å²) in [5.41, 5.74) is 1.15. The first-order valence-electron chi connectivity index (χ1n) is 8.77. The molecule has 0 saturated carbocycles. The number of carbonyl (C=O) groups excluding carboxylic acids is 1. The number of anilines is 2. The predicted octanol–water partition coefficient (Wildman–Crippen LogP) is 5.22. The molecule has 0 aromatic heterocycles. The number of amides is 2. The Morgan fingerprint density at radius 1 is 1.00 bits per heavy atom. The Balaban J connectivity index is 2.19. The number of hydrogen-bond acceptors (Lipinski definition) is 3. The van der Waals surface area contributed by atoms with E-state index in [1.807, 2.05) is 30.3 Å². The van der Waals surface area contributed by atoms with Crippen LogP contribution in [0.4, 0.5) is 21.0 Å². The number of alkyl halides is 1. The second-order valence-electron chi connectivity index (χ2n) is 5.83. The minimum atomic E-state index is -1.12. The highest BCUT2D eigenvalue weighted by molar-refractivity contribution is 6.18. The van der Waals surface area contributed by atoms with Crippen LogP contribution in [0.5, 0.6) is 5.75 Å². The molecule has 0 aliphatic carbocycles. The maximum atomic E-state index is 12.7. The van der Waals surface area contributed by atoms with Crippen LogP contribution in [0.15, 0.2) is 54.6 Å². The number of carboxylic acid groups (broad SMARTS) is 1. The maximum absolute atomic E-state index is 12.7. The zero-order valence-electron chi connectivity index (χ0n) is 15.2. The lowest BCUT2D eigenvalue weighted by Crippen LogP contribution is -2.34. The van der Waals surface area contributed by atoms with Gasteiger partial charge in [-0.25, -0.2) is 9.59 Å². The highest BCUT2D eigenvalue weighted by Gasteiger charge is 2.19. The number of hydrogen-bond donors (Lipinski definition) is 1. The topological polar surface area (TPSA) is 70.1 Å². The average Bonchev–Trinajstić information content (AvgIpc) is 2.67. The number of nitrogens with zero attached hydrogens (tertiary/aromatic N) is 2. The van der Waals surface area contributed by atoms with E-state index in [1.165, 1.54) is 6.07 Å². The third-order valence-corrected chi connectivity index (χ3v) is 4.07. The fourth-order valence-corrected chi connectivity index (χ4v) is 2.71. The molecule has 0 radical (unpaired) electrons. The monoisotopic (exact) mass is 390 g/mol. The normalized spacial score (nSPS) is 10.3. The van der Waals surface area contributed by atoms with Crippen LogP contribution in [-0.4, -0.2) is 36.3 Å².